The van der Waals surface area contributed by atoms with Gasteiger partial charge >= 0.3 is 6.03 Å². The maximum Gasteiger partial charge on any atom is 0.312 e. The zero-order valence-corrected chi connectivity index (χ0v) is 10.4. The van der Waals surface area contributed by atoms with Crippen LogP contribution >= 0.6 is 12.4 Å². The van der Waals surface area contributed by atoms with Crippen LogP contribution in [0.25, 0.3) is 0 Å². The van der Waals surface area contributed by atoms with Crippen LogP contribution in [0.15, 0.2) is 47.2 Å². The van der Waals surface area contributed by atoms with E-state index in [0.29, 0.717) is 12.3 Å². The lowest BCUT2D eigenvalue weighted by Crippen LogP contribution is -2.34. The lowest BCUT2D eigenvalue weighted by Gasteiger charge is -2.13. The van der Waals surface area contributed by atoms with Crippen molar-refractivity contribution in [3.05, 3.63) is 54.2 Å². The highest BCUT2D eigenvalue weighted by atomic mass is 35.5. The molecule has 1 heterocycles. The molecule has 0 radical (unpaired) electrons. The second kappa shape index (κ2) is 6.66. The number of hydrogen-bond donors (Lipinski definition) is 2. The summed E-state index contributed by atoms with van der Waals surface area (Å²) in [7, 11) is 0. The number of urea groups is 1. The molecular formula is C12H14ClN3O2. The maximum absolute atomic E-state index is 10.9. The summed E-state index contributed by atoms with van der Waals surface area (Å²) in [5.74, 6) is 0.452. The quantitative estimate of drug-likeness (QED) is 0.889. The van der Waals surface area contributed by atoms with Gasteiger partial charge in [0.25, 0.3) is 0 Å². The van der Waals surface area contributed by atoms with E-state index in [9.17, 15) is 4.79 Å². The number of carbonyl (C=O) groups excluding carboxylic acids is 1. The van der Waals surface area contributed by atoms with Gasteiger partial charge in [0.15, 0.2) is 0 Å². The molecule has 0 saturated carbocycles. The normalized spacial score (nSPS) is 11.3. The minimum atomic E-state index is -0.593. The Bertz CT molecular complexity index is 473. The fourth-order valence-electron chi connectivity index (χ4n) is 1.63. The summed E-state index contributed by atoms with van der Waals surface area (Å²) < 4.78 is 5.19. The number of nitrogens with two attached hydrogens (primary N) is 1. The van der Waals surface area contributed by atoms with Crippen LogP contribution in [-0.4, -0.2) is 11.0 Å². The Balaban J connectivity index is 0.00000162. The predicted octanol–water partition coefficient (Wildman–Crippen LogP) is 2.05. The Hall–Kier alpha value is -2.01. The highest BCUT2D eigenvalue weighted by Crippen LogP contribution is 2.16. The van der Waals surface area contributed by atoms with Crippen molar-refractivity contribution in [2.45, 2.75) is 12.5 Å². The Morgan fingerprint density at radius 1 is 1.39 bits per heavy atom. The number of nitrogens with one attached hydrogen (secondary N) is 1. The summed E-state index contributed by atoms with van der Waals surface area (Å²) in [5.41, 5.74) is 6.21. The topological polar surface area (TPSA) is 81.2 Å². The third-order valence-corrected chi connectivity index (χ3v) is 2.35. The van der Waals surface area contributed by atoms with Gasteiger partial charge in [-0.25, -0.2) is 9.78 Å². The van der Waals surface area contributed by atoms with E-state index >= 15 is 0 Å². The summed E-state index contributed by atoms with van der Waals surface area (Å²) >= 11 is 0. The lowest BCUT2D eigenvalue weighted by molar-refractivity contribution is 0.242. The van der Waals surface area contributed by atoms with Gasteiger partial charge in [-0.3, -0.25) is 0 Å². The summed E-state index contributed by atoms with van der Waals surface area (Å²) in [6.07, 6.45) is 3.59. The second-order valence-corrected chi connectivity index (χ2v) is 3.62. The highest BCUT2D eigenvalue weighted by Gasteiger charge is 2.17. The third kappa shape index (κ3) is 3.78. The zero-order chi connectivity index (χ0) is 12.1. The van der Waals surface area contributed by atoms with E-state index in [2.05, 4.69) is 10.3 Å². The average molecular weight is 268 g/mol. The molecule has 5 nitrogen and oxygen atoms in total. The fourth-order valence-corrected chi connectivity index (χ4v) is 1.63. The van der Waals surface area contributed by atoms with Crippen molar-refractivity contribution in [1.82, 2.24) is 10.3 Å². The Morgan fingerprint density at radius 3 is 2.67 bits per heavy atom. The van der Waals surface area contributed by atoms with E-state index in [-0.39, 0.29) is 18.4 Å². The number of benzene rings is 1. The molecule has 0 fully saturated rings. The molecule has 2 amide bonds. The van der Waals surface area contributed by atoms with Crippen molar-refractivity contribution in [2.24, 2.45) is 5.73 Å². The largest absolute Gasteiger partial charge is 0.447 e. The molecule has 1 aromatic carbocycles. The van der Waals surface area contributed by atoms with Crippen LogP contribution in [0.3, 0.4) is 0 Å². The molecule has 0 spiro atoms. The van der Waals surface area contributed by atoms with Crippen molar-refractivity contribution in [3.63, 3.8) is 0 Å². The summed E-state index contributed by atoms with van der Waals surface area (Å²) in [5, 5.41) is 2.61. The summed E-state index contributed by atoms with van der Waals surface area (Å²) in [6, 6.07) is 8.81. The number of hydrogen-bond acceptors (Lipinski definition) is 3. The molecule has 0 bridgehead atoms. The summed E-state index contributed by atoms with van der Waals surface area (Å²) in [4.78, 5) is 15.0. The Morgan fingerprint density at radius 2 is 2.11 bits per heavy atom. The molecule has 3 N–H and O–H groups in total. The lowest BCUT2D eigenvalue weighted by atomic mass is 10.1. The van der Waals surface area contributed by atoms with Crippen molar-refractivity contribution >= 4 is 18.4 Å². The molecule has 2 rings (SSSR count). The van der Waals surface area contributed by atoms with Crippen molar-refractivity contribution in [3.8, 4) is 0 Å². The molecule has 6 heteroatoms. The van der Waals surface area contributed by atoms with Gasteiger partial charge in [0.2, 0.25) is 5.89 Å². The van der Waals surface area contributed by atoms with Crippen LogP contribution in [-0.2, 0) is 6.42 Å². The van der Waals surface area contributed by atoms with Gasteiger partial charge < -0.3 is 15.5 Å². The van der Waals surface area contributed by atoms with Gasteiger partial charge in [-0.1, -0.05) is 30.3 Å². The number of primary amides is 1. The molecule has 0 aliphatic rings. The minimum Gasteiger partial charge on any atom is -0.447 e. The monoisotopic (exact) mass is 267 g/mol. The molecule has 0 aliphatic heterocycles. The maximum atomic E-state index is 10.9. The molecule has 0 saturated heterocycles. The number of rotatable bonds is 4. The average Bonchev–Trinajstić information content (AvgIpc) is 2.82. The van der Waals surface area contributed by atoms with Crippen LogP contribution < -0.4 is 11.1 Å². The van der Waals surface area contributed by atoms with Gasteiger partial charge in [0.1, 0.15) is 12.3 Å². The molecule has 18 heavy (non-hydrogen) atoms. The van der Waals surface area contributed by atoms with E-state index < -0.39 is 6.03 Å². The van der Waals surface area contributed by atoms with Crippen LogP contribution in [0.5, 0.6) is 0 Å². The first-order valence-electron chi connectivity index (χ1n) is 5.25. The first-order chi connectivity index (χ1) is 8.25. The number of oxazole rings is 1. The van der Waals surface area contributed by atoms with E-state index in [0.717, 1.165) is 5.56 Å². The molecule has 2 aromatic rings. The van der Waals surface area contributed by atoms with Crippen LogP contribution in [0.1, 0.15) is 17.5 Å². The third-order valence-electron chi connectivity index (χ3n) is 2.35. The number of amides is 2. The van der Waals surface area contributed by atoms with Gasteiger partial charge in [0.05, 0.1) is 6.20 Å². The number of nitrogens with zero attached hydrogens (tertiary/aromatic N) is 1. The van der Waals surface area contributed by atoms with Gasteiger partial charge in [-0.05, 0) is 5.56 Å². The van der Waals surface area contributed by atoms with Crippen molar-refractivity contribution in [2.75, 3.05) is 0 Å². The zero-order valence-electron chi connectivity index (χ0n) is 9.58. The van der Waals surface area contributed by atoms with Gasteiger partial charge in [-0.15, -0.1) is 12.4 Å². The molecule has 0 aliphatic carbocycles. The number of carbonyl (C=O) groups is 1. The number of aromatic nitrogens is 1. The van der Waals surface area contributed by atoms with Crippen LogP contribution in [0, 0.1) is 0 Å². The predicted molar refractivity (Wildman–Crippen MR) is 69.4 cm³/mol. The molecule has 96 valence electrons. The standard InChI is InChI=1S/C12H13N3O2.ClH/c13-12(16)15-10(11-14-6-7-17-11)8-9-4-2-1-3-5-9;/h1-7,10H,8H2,(H3,13,15,16);1H. The van der Waals surface area contributed by atoms with Gasteiger partial charge in [-0.2, -0.15) is 0 Å². The summed E-state index contributed by atoms with van der Waals surface area (Å²) in [6.45, 7) is 0. The van der Waals surface area contributed by atoms with Gasteiger partial charge in [0, 0.05) is 6.42 Å². The van der Waals surface area contributed by atoms with E-state index in [4.69, 9.17) is 10.2 Å². The Kier molecular flexibility index (Phi) is 5.20. The van der Waals surface area contributed by atoms with Crippen LogP contribution in [0.2, 0.25) is 0 Å². The fraction of sp³-hybridized carbons (Fsp3) is 0.167. The number of halogens is 1. The van der Waals surface area contributed by atoms with E-state index in [1.807, 2.05) is 30.3 Å². The smallest absolute Gasteiger partial charge is 0.312 e. The molecule has 1 atom stereocenters. The first-order valence-corrected chi connectivity index (χ1v) is 5.25. The molecular weight excluding hydrogens is 254 g/mol. The second-order valence-electron chi connectivity index (χ2n) is 3.62. The van der Waals surface area contributed by atoms with E-state index in [1.54, 1.807) is 0 Å². The van der Waals surface area contributed by atoms with Crippen molar-refractivity contribution in [1.29, 1.82) is 0 Å². The Labute approximate surface area is 111 Å². The first kappa shape index (κ1) is 14.1. The minimum absolute atomic E-state index is 0. The molecule has 1 aromatic heterocycles. The molecule has 1 unspecified atom stereocenters. The van der Waals surface area contributed by atoms with Crippen LogP contribution in [0.4, 0.5) is 4.79 Å². The SMILES string of the molecule is Cl.NC(=O)NC(Cc1ccccc1)c1ncco1. The van der Waals surface area contributed by atoms with E-state index in [1.165, 1.54) is 12.5 Å². The highest BCUT2D eigenvalue weighted by molar-refractivity contribution is 5.85. The van der Waals surface area contributed by atoms with Crippen molar-refractivity contribution < 1.29 is 9.21 Å².